The highest BCUT2D eigenvalue weighted by molar-refractivity contribution is 7.88. The Labute approximate surface area is 147 Å². The summed E-state index contributed by atoms with van der Waals surface area (Å²) in [5.41, 5.74) is 0.974. The number of halogens is 1. The summed E-state index contributed by atoms with van der Waals surface area (Å²) in [6, 6.07) is 7.14. The Morgan fingerprint density at radius 3 is 2.33 bits per heavy atom. The molecule has 1 aromatic rings. The number of rotatable bonds is 4. The van der Waals surface area contributed by atoms with E-state index in [2.05, 4.69) is 10.6 Å². The number of carbonyl (C=O) groups is 1. The fourth-order valence-electron chi connectivity index (χ4n) is 3.81. The van der Waals surface area contributed by atoms with Gasteiger partial charge in [0.15, 0.2) is 0 Å². The van der Waals surface area contributed by atoms with Crippen LogP contribution in [-0.2, 0) is 16.6 Å². The maximum Gasteiger partial charge on any atom is 0.315 e. The largest absolute Gasteiger partial charge is 0.335 e. The Kier molecular flexibility index (Phi) is 5.03. The van der Waals surface area contributed by atoms with Gasteiger partial charge in [0, 0.05) is 29.7 Å². The van der Waals surface area contributed by atoms with Crippen molar-refractivity contribution in [3.63, 3.8) is 0 Å². The van der Waals surface area contributed by atoms with Gasteiger partial charge < -0.3 is 10.6 Å². The van der Waals surface area contributed by atoms with E-state index in [0.717, 1.165) is 18.4 Å². The van der Waals surface area contributed by atoms with Gasteiger partial charge in [-0.25, -0.2) is 13.2 Å². The summed E-state index contributed by atoms with van der Waals surface area (Å²) in [5.74, 6) is 0. The number of carbonyl (C=O) groups excluding carboxylic acids is 1. The lowest BCUT2D eigenvalue weighted by Gasteiger charge is -2.37. The third-order valence-corrected chi connectivity index (χ3v) is 6.36. The standard InChI is InChI=1S/C16H22ClN3O3S/c1-24(22,23)20-14-6-7-15(20)9-13(8-14)19-16(21)18-10-11-2-4-12(17)5-3-11/h2-5,13-15H,6-10H2,1H3,(H2,18,19,21). The first-order valence-corrected chi connectivity index (χ1v) is 10.3. The Balaban J connectivity index is 1.51. The smallest absolute Gasteiger partial charge is 0.315 e. The third kappa shape index (κ3) is 4.02. The number of hydrogen-bond acceptors (Lipinski definition) is 3. The van der Waals surface area contributed by atoms with E-state index in [1.165, 1.54) is 6.26 Å². The van der Waals surface area contributed by atoms with Crippen LogP contribution >= 0.6 is 11.6 Å². The molecule has 2 bridgehead atoms. The molecule has 0 spiro atoms. The number of urea groups is 1. The monoisotopic (exact) mass is 371 g/mol. The summed E-state index contributed by atoms with van der Waals surface area (Å²) in [6.45, 7) is 0.429. The van der Waals surface area contributed by atoms with Crippen molar-refractivity contribution in [1.29, 1.82) is 0 Å². The quantitative estimate of drug-likeness (QED) is 0.850. The Bertz CT molecular complexity index is 694. The second-order valence-electron chi connectivity index (χ2n) is 6.60. The van der Waals surface area contributed by atoms with Crippen LogP contribution in [0.15, 0.2) is 24.3 Å². The number of benzene rings is 1. The Morgan fingerprint density at radius 2 is 1.79 bits per heavy atom. The molecule has 0 saturated carbocycles. The van der Waals surface area contributed by atoms with Crippen LogP contribution in [0, 0.1) is 0 Å². The van der Waals surface area contributed by atoms with Crippen LogP contribution in [-0.4, -0.2) is 43.1 Å². The fourth-order valence-corrected chi connectivity index (χ4v) is 5.41. The topological polar surface area (TPSA) is 78.5 Å². The summed E-state index contributed by atoms with van der Waals surface area (Å²) in [6.07, 6.45) is 4.38. The summed E-state index contributed by atoms with van der Waals surface area (Å²) in [5, 5.41) is 6.47. The van der Waals surface area contributed by atoms with Crippen LogP contribution in [0.2, 0.25) is 5.02 Å². The SMILES string of the molecule is CS(=O)(=O)N1C2CCC1CC(NC(=O)NCc1ccc(Cl)cc1)C2. The second kappa shape index (κ2) is 6.90. The molecule has 8 heteroatoms. The maximum absolute atomic E-state index is 12.1. The summed E-state index contributed by atoms with van der Waals surface area (Å²) < 4.78 is 25.4. The molecule has 2 heterocycles. The summed E-state index contributed by atoms with van der Waals surface area (Å²) in [7, 11) is -3.17. The van der Waals surface area contributed by atoms with Crippen molar-refractivity contribution in [2.45, 2.75) is 50.4 Å². The fraction of sp³-hybridized carbons (Fsp3) is 0.562. The zero-order valence-electron chi connectivity index (χ0n) is 13.5. The Hall–Kier alpha value is -1.31. The van der Waals surface area contributed by atoms with Crippen molar-refractivity contribution in [2.75, 3.05) is 6.26 Å². The van der Waals surface area contributed by atoms with E-state index in [-0.39, 0.29) is 24.2 Å². The number of piperidine rings is 1. The van der Waals surface area contributed by atoms with Gasteiger partial charge in [0.2, 0.25) is 10.0 Å². The van der Waals surface area contributed by atoms with Crippen molar-refractivity contribution < 1.29 is 13.2 Å². The first-order valence-electron chi connectivity index (χ1n) is 8.10. The second-order valence-corrected chi connectivity index (χ2v) is 8.92. The minimum atomic E-state index is -3.17. The molecular weight excluding hydrogens is 350 g/mol. The molecule has 132 valence electrons. The highest BCUT2D eigenvalue weighted by atomic mass is 35.5. The van der Waals surface area contributed by atoms with E-state index in [4.69, 9.17) is 11.6 Å². The summed E-state index contributed by atoms with van der Waals surface area (Å²) >= 11 is 5.83. The summed E-state index contributed by atoms with van der Waals surface area (Å²) in [4.78, 5) is 12.1. The normalized spacial score (nSPS) is 27.0. The molecule has 2 fully saturated rings. The van der Waals surface area contributed by atoms with Crippen molar-refractivity contribution in [2.24, 2.45) is 0 Å². The van der Waals surface area contributed by atoms with Crippen LogP contribution in [0.3, 0.4) is 0 Å². The molecule has 2 N–H and O–H groups in total. The molecule has 2 aliphatic rings. The predicted molar refractivity (Wildman–Crippen MR) is 93.3 cm³/mol. The van der Waals surface area contributed by atoms with Crippen molar-refractivity contribution in [3.8, 4) is 0 Å². The number of nitrogens with zero attached hydrogens (tertiary/aromatic N) is 1. The zero-order valence-corrected chi connectivity index (χ0v) is 15.1. The molecule has 2 amide bonds. The molecule has 0 aromatic heterocycles. The van der Waals surface area contributed by atoms with Crippen LogP contribution in [0.1, 0.15) is 31.2 Å². The first-order chi connectivity index (χ1) is 11.3. The third-order valence-electron chi connectivity index (χ3n) is 4.75. The number of nitrogens with one attached hydrogen (secondary N) is 2. The molecule has 3 rings (SSSR count). The lowest BCUT2D eigenvalue weighted by atomic mass is 10.00. The lowest BCUT2D eigenvalue weighted by molar-refractivity contribution is 0.199. The molecule has 2 atom stereocenters. The van der Waals surface area contributed by atoms with Crippen LogP contribution in [0.4, 0.5) is 4.79 Å². The van der Waals surface area contributed by atoms with Crippen LogP contribution in [0.25, 0.3) is 0 Å². The van der Waals surface area contributed by atoms with E-state index in [1.54, 1.807) is 16.4 Å². The molecule has 24 heavy (non-hydrogen) atoms. The molecule has 2 saturated heterocycles. The molecule has 2 aliphatic heterocycles. The van der Waals surface area contributed by atoms with Gasteiger partial charge in [-0.15, -0.1) is 0 Å². The minimum absolute atomic E-state index is 0.0142. The zero-order chi connectivity index (χ0) is 17.3. The van der Waals surface area contributed by atoms with Gasteiger partial charge in [-0.2, -0.15) is 4.31 Å². The molecule has 0 radical (unpaired) electrons. The van der Waals surface area contributed by atoms with Gasteiger partial charge in [-0.1, -0.05) is 23.7 Å². The van der Waals surface area contributed by atoms with E-state index in [1.807, 2.05) is 12.1 Å². The number of fused-ring (bicyclic) bond motifs is 2. The maximum atomic E-state index is 12.1. The highest BCUT2D eigenvalue weighted by Crippen LogP contribution is 2.37. The van der Waals surface area contributed by atoms with Crippen LogP contribution in [0.5, 0.6) is 0 Å². The number of hydrogen-bond donors (Lipinski definition) is 2. The van der Waals surface area contributed by atoms with Gasteiger partial charge in [0.1, 0.15) is 0 Å². The van der Waals surface area contributed by atoms with E-state index in [9.17, 15) is 13.2 Å². The van der Waals surface area contributed by atoms with E-state index in [0.29, 0.717) is 24.4 Å². The average molecular weight is 372 g/mol. The number of sulfonamides is 1. The van der Waals surface area contributed by atoms with Gasteiger partial charge in [-0.3, -0.25) is 0 Å². The van der Waals surface area contributed by atoms with Crippen LogP contribution < -0.4 is 10.6 Å². The number of amides is 2. The predicted octanol–water partition coefficient (Wildman–Crippen LogP) is 2.09. The van der Waals surface area contributed by atoms with E-state index >= 15 is 0 Å². The molecule has 2 unspecified atom stereocenters. The van der Waals surface area contributed by atoms with Gasteiger partial charge in [0.25, 0.3) is 0 Å². The van der Waals surface area contributed by atoms with Crippen molar-refractivity contribution in [1.82, 2.24) is 14.9 Å². The van der Waals surface area contributed by atoms with Gasteiger partial charge in [-0.05, 0) is 43.4 Å². The van der Waals surface area contributed by atoms with Gasteiger partial charge in [0.05, 0.1) is 6.26 Å². The lowest BCUT2D eigenvalue weighted by Crippen LogP contribution is -2.53. The minimum Gasteiger partial charge on any atom is -0.335 e. The highest BCUT2D eigenvalue weighted by Gasteiger charge is 2.45. The molecular formula is C16H22ClN3O3S. The molecule has 1 aromatic carbocycles. The molecule has 0 aliphatic carbocycles. The first kappa shape index (κ1) is 17.5. The Morgan fingerprint density at radius 1 is 1.21 bits per heavy atom. The van der Waals surface area contributed by atoms with Gasteiger partial charge >= 0.3 is 6.03 Å². The van der Waals surface area contributed by atoms with Crippen molar-refractivity contribution in [3.05, 3.63) is 34.9 Å². The average Bonchev–Trinajstić information content (AvgIpc) is 2.79. The van der Waals surface area contributed by atoms with E-state index < -0.39 is 10.0 Å². The van der Waals surface area contributed by atoms with Crippen molar-refractivity contribution >= 4 is 27.7 Å². The molecule has 6 nitrogen and oxygen atoms in total.